The molecular formula is C17H17F3N2O3S. The molecule has 0 radical (unpaired) electrons. The fourth-order valence-electron chi connectivity index (χ4n) is 2.32. The first-order valence-electron chi connectivity index (χ1n) is 7.57. The lowest BCUT2D eigenvalue weighted by Crippen LogP contribution is -2.34. The van der Waals surface area contributed by atoms with Crippen LogP contribution in [0.1, 0.15) is 12.0 Å². The van der Waals surface area contributed by atoms with Crippen molar-refractivity contribution in [2.75, 3.05) is 22.4 Å². The predicted molar refractivity (Wildman–Crippen MR) is 92.9 cm³/mol. The van der Waals surface area contributed by atoms with Crippen molar-refractivity contribution in [2.45, 2.75) is 13.3 Å². The maximum atomic E-state index is 13.9. The van der Waals surface area contributed by atoms with E-state index in [1.54, 1.807) is 18.2 Å². The second-order valence-electron chi connectivity index (χ2n) is 5.70. The Balaban J connectivity index is 2.17. The molecule has 0 aliphatic carbocycles. The topological polar surface area (TPSA) is 66.5 Å². The molecule has 0 heterocycles. The van der Waals surface area contributed by atoms with Crippen molar-refractivity contribution in [2.24, 2.45) is 0 Å². The molecule has 0 saturated carbocycles. The van der Waals surface area contributed by atoms with Gasteiger partial charge in [-0.15, -0.1) is 0 Å². The summed E-state index contributed by atoms with van der Waals surface area (Å²) in [5.41, 5.74) is 0.791. The minimum atomic E-state index is -4.02. The highest BCUT2D eigenvalue weighted by Crippen LogP contribution is 2.25. The monoisotopic (exact) mass is 386 g/mol. The number of hydrogen-bond donors (Lipinski definition) is 1. The minimum absolute atomic E-state index is 0.306. The highest BCUT2D eigenvalue weighted by Gasteiger charge is 2.25. The van der Waals surface area contributed by atoms with Crippen molar-refractivity contribution in [3.8, 4) is 0 Å². The van der Waals surface area contributed by atoms with Crippen molar-refractivity contribution in [1.82, 2.24) is 0 Å². The number of carbonyl (C=O) groups excluding carboxylic acids is 1. The minimum Gasteiger partial charge on any atom is -0.326 e. The molecule has 0 saturated heterocycles. The molecule has 0 spiro atoms. The van der Waals surface area contributed by atoms with Gasteiger partial charge in [-0.2, -0.15) is 0 Å². The van der Waals surface area contributed by atoms with Crippen LogP contribution in [0, 0.1) is 24.4 Å². The highest BCUT2D eigenvalue weighted by molar-refractivity contribution is 7.92. The van der Waals surface area contributed by atoms with Crippen LogP contribution >= 0.6 is 0 Å². The van der Waals surface area contributed by atoms with Gasteiger partial charge in [0.2, 0.25) is 15.9 Å². The van der Waals surface area contributed by atoms with Crippen molar-refractivity contribution in [3.63, 3.8) is 0 Å². The standard InChI is InChI=1S/C17H17F3N2O3S/c1-11-4-3-5-12(10-11)21-15(23)8-9-22(26(2,24)25)14-7-6-13(18)16(19)17(14)20/h3-7,10H,8-9H2,1-2H3,(H,21,23). The molecular weight excluding hydrogens is 369 g/mol. The van der Waals surface area contributed by atoms with E-state index < -0.39 is 45.6 Å². The summed E-state index contributed by atoms with van der Waals surface area (Å²) in [5.74, 6) is -5.35. The van der Waals surface area contributed by atoms with Crippen molar-refractivity contribution >= 4 is 27.3 Å². The maximum absolute atomic E-state index is 13.9. The first kappa shape index (κ1) is 19.8. The van der Waals surface area contributed by atoms with Gasteiger partial charge in [0.05, 0.1) is 11.9 Å². The zero-order valence-corrected chi connectivity index (χ0v) is 14.9. The van der Waals surface area contributed by atoms with Crippen molar-refractivity contribution in [1.29, 1.82) is 0 Å². The van der Waals surface area contributed by atoms with Gasteiger partial charge in [-0.1, -0.05) is 12.1 Å². The van der Waals surface area contributed by atoms with E-state index in [0.717, 1.165) is 17.9 Å². The number of anilines is 2. The third kappa shape index (κ3) is 4.75. The number of aryl methyl sites for hydroxylation is 1. The van der Waals surface area contributed by atoms with Gasteiger partial charge < -0.3 is 5.32 Å². The SMILES string of the molecule is Cc1cccc(NC(=O)CCN(c2ccc(F)c(F)c2F)S(C)(=O)=O)c1. The Hall–Kier alpha value is -2.55. The van der Waals surface area contributed by atoms with Crippen LogP contribution in [-0.4, -0.2) is 27.1 Å². The lowest BCUT2D eigenvalue weighted by molar-refractivity contribution is -0.116. The van der Waals surface area contributed by atoms with Crippen LogP contribution in [0.15, 0.2) is 36.4 Å². The summed E-state index contributed by atoms with van der Waals surface area (Å²) >= 11 is 0. The van der Waals surface area contributed by atoms with E-state index >= 15 is 0 Å². The number of rotatable bonds is 6. The van der Waals surface area contributed by atoms with E-state index in [0.29, 0.717) is 16.1 Å². The number of hydrogen-bond acceptors (Lipinski definition) is 3. The molecule has 1 N–H and O–H groups in total. The molecule has 1 amide bonds. The van der Waals surface area contributed by atoms with Gasteiger partial charge in [-0.05, 0) is 36.8 Å². The van der Waals surface area contributed by atoms with Crippen LogP contribution < -0.4 is 9.62 Å². The van der Waals surface area contributed by atoms with Crippen LogP contribution in [0.3, 0.4) is 0 Å². The zero-order valence-electron chi connectivity index (χ0n) is 14.1. The summed E-state index contributed by atoms with van der Waals surface area (Å²) in [5, 5.41) is 2.59. The predicted octanol–water partition coefficient (Wildman–Crippen LogP) is 3.21. The van der Waals surface area contributed by atoms with E-state index in [-0.39, 0.29) is 6.42 Å². The average molecular weight is 386 g/mol. The van der Waals surface area contributed by atoms with Crippen LogP contribution in [0.4, 0.5) is 24.5 Å². The van der Waals surface area contributed by atoms with E-state index in [1.165, 1.54) is 0 Å². The molecule has 0 aromatic heterocycles. The lowest BCUT2D eigenvalue weighted by Gasteiger charge is -2.22. The number of nitrogens with one attached hydrogen (secondary N) is 1. The average Bonchev–Trinajstić information content (AvgIpc) is 2.53. The number of carbonyl (C=O) groups is 1. The van der Waals surface area contributed by atoms with E-state index in [9.17, 15) is 26.4 Å². The van der Waals surface area contributed by atoms with Crippen LogP contribution in [0.2, 0.25) is 0 Å². The molecule has 2 aromatic carbocycles. The molecule has 9 heteroatoms. The molecule has 2 rings (SSSR count). The lowest BCUT2D eigenvalue weighted by atomic mass is 10.2. The molecule has 0 unspecified atom stereocenters. The van der Waals surface area contributed by atoms with Crippen molar-refractivity contribution < 1.29 is 26.4 Å². The summed E-state index contributed by atoms with van der Waals surface area (Å²) < 4.78 is 64.8. The first-order valence-corrected chi connectivity index (χ1v) is 9.42. The fourth-order valence-corrected chi connectivity index (χ4v) is 3.24. The first-order chi connectivity index (χ1) is 12.1. The summed E-state index contributed by atoms with van der Waals surface area (Å²) in [6.07, 6.45) is 0.478. The molecule has 140 valence electrons. The molecule has 0 atom stereocenters. The smallest absolute Gasteiger partial charge is 0.232 e. The Morgan fingerprint density at radius 1 is 1.12 bits per heavy atom. The summed E-state index contributed by atoms with van der Waals surface area (Å²) in [6.45, 7) is 1.41. The highest BCUT2D eigenvalue weighted by atomic mass is 32.2. The van der Waals surface area contributed by atoms with Gasteiger partial charge >= 0.3 is 0 Å². The Labute approximate surface area is 149 Å². The third-order valence-corrected chi connectivity index (χ3v) is 4.71. The van der Waals surface area contributed by atoms with E-state index in [1.807, 2.05) is 13.0 Å². The van der Waals surface area contributed by atoms with Crippen LogP contribution in [0.5, 0.6) is 0 Å². The van der Waals surface area contributed by atoms with Gasteiger partial charge in [0.1, 0.15) is 0 Å². The third-order valence-electron chi connectivity index (χ3n) is 3.53. The molecule has 0 fully saturated rings. The number of benzene rings is 2. The molecule has 2 aromatic rings. The van der Waals surface area contributed by atoms with E-state index in [2.05, 4.69) is 5.32 Å². The van der Waals surface area contributed by atoms with E-state index in [4.69, 9.17) is 0 Å². The fraction of sp³-hybridized carbons (Fsp3) is 0.235. The molecule has 26 heavy (non-hydrogen) atoms. The number of sulfonamides is 1. The van der Waals surface area contributed by atoms with Gasteiger partial charge in [-0.3, -0.25) is 9.10 Å². The number of amides is 1. The van der Waals surface area contributed by atoms with Gasteiger partial charge in [0, 0.05) is 18.7 Å². The Kier molecular flexibility index (Phi) is 5.91. The Morgan fingerprint density at radius 2 is 1.81 bits per heavy atom. The van der Waals surface area contributed by atoms with Crippen LogP contribution in [-0.2, 0) is 14.8 Å². The summed E-state index contributed by atoms with van der Waals surface area (Å²) in [6, 6.07) is 8.40. The molecule has 0 aliphatic heterocycles. The second-order valence-corrected chi connectivity index (χ2v) is 7.60. The number of nitrogens with zero attached hydrogens (tertiary/aromatic N) is 1. The summed E-state index contributed by atoms with van der Waals surface area (Å²) in [4.78, 5) is 12.0. The quantitative estimate of drug-likeness (QED) is 0.776. The Bertz CT molecular complexity index is 933. The summed E-state index contributed by atoms with van der Waals surface area (Å²) in [7, 11) is -4.02. The largest absolute Gasteiger partial charge is 0.326 e. The van der Waals surface area contributed by atoms with Gasteiger partial charge in [-0.25, -0.2) is 21.6 Å². The maximum Gasteiger partial charge on any atom is 0.232 e. The molecule has 0 aliphatic rings. The Morgan fingerprint density at radius 3 is 2.42 bits per heavy atom. The van der Waals surface area contributed by atoms with Crippen LogP contribution in [0.25, 0.3) is 0 Å². The molecule has 5 nitrogen and oxygen atoms in total. The second kappa shape index (κ2) is 7.77. The van der Waals surface area contributed by atoms with Crippen molar-refractivity contribution in [3.05, 3.63) is 59.4 Å². The molecule has 0 bridgehead atoms. The normalized spacial score (nSPS) is 11.3. The number of halogens is 3. The van der Waals surface area contributed by atoms with Gasteiger partial charge in [0.15, 0.2) is 17.5 Å². The van der Waals surface area contributed by atoms with Gasteiger partial charge in [0.25, 0.3) is 0 Å². The zero-order chi connectivity index (χ0) is 19.5.